The summed E-state index contributed by atoms with van der Waals surface area (Å²) in [5, 5.41) is 24.5. The summed E-state index contributed by atoms with van der Waals surface area (Å²) in [6.45, 7) is 4.58. The average molecular weight is 458 g/mol. The van der Waals surface area contributed by atoms with E-state index >= 15 is 0 Å². The molecule has 2 atom stereocenters. The SMILES string of the molecule is CN(C(=O)C(CO)NC(=O)OC(C)(C)C)C(C(=O)NCc1ccccc1)c1ccc(O)cc1. The number of likely N-dealkylation sites (N-methyl/N-ethyl adjacent to an activating group) is 1. The molecule has 4 N–H and O–H groups in total. The second kappa shape index (κ2) is 11.3. The molecule has 9 heteroatoms. The lowest BCUT2D eigenvalue weighted by Crippen LogP contribution is -2.53. The van der Waals surface area contributed by atoms with Crippen LogP contribution in [0, 0.1) is 0 Å². The lowest BCUT2D eigenvalue weighted by atomic mass is 10.0. The molecule has 0 aromatic heterocycles. The Bertz CT molecular complexity index is 941. The van der Waals surface area contributed by atoms with E-state index in [1.54, 1.807) is 20.8 Å². The Balaban J connectivity index is 2.23. The van der Waals surface area contributed by atoms with Gasteiger partial charge < -0.3 is 30.5 Å². The first-order chi connectivity index (χ1) is 15.5. The van der Waals surface area contributed by atoms with Gasteiger partial charge in [-0.15, -0.1) is 0 Å². The van der Waals surface area contributed by atoms with E-state index in [1.807, 2.05) is 30.3 Å². The standard InChI is InChI=1S/C24H31N3O6/c1-24(2,3)33-23(32)26-19(15-28)22(31)27(4)20(17-10-12-18(29)13-11-17)21(30)25-14-16-8-6-5-7-9-16/h5-13,19-20,28-29H,14-15H2,1-4H3,(H,25,30)(H,26,32). The fourth-order valence-corrected chi connectivity index (χ4v) is 3.10. The van der Waals surface area contributed by atoms with E-state index < -0.39 is 42.2 Å². The van der Waals surface area contributed by atoms with Crippen molar-refractivity contribution in [2.75, 3.05) is 13.7 Å². The summed E-state index contributed by atoms with van der Waals surface area (Å²) in [5.41, 5.74) is 0.539. The third-order valence-electron chi connectivity index (χ3n) is 4.67. The Hall–Kier alpha value is -3.59. The van der Waals surface area contributed by atoms with E-state index in [2.05, 4.69) is 10.6 Å². The van der Waals surface area contributed by atoms with Crippen molar-refractivity contribution in [3.63, 3.8) is 0 Å². The van der Waals surface area contributed by atoms with Gasteiger partial charge in [-0.25, -0.2) is 4.79 Å². The number of amides is 3. The van der Waals surface area contributed by atoms with Crippen molar-refractivity contribution < 1.29 is 29.3 Å². The Morgan fingerprint density at radius 2 is 1.64 bits per heavy atom. The molecule has 0 bridgehead atoms. The van der Waals surface area contributed by atoms with E-state index in [9.17, 15) is 24.6 Å². The van der Waals surface area contributed by atoms with Gasteiger partial charge >= 0.3 is 6.09 Å². The molecule has 2 aromatic rings. The van der Waals surface area contributed by atoms with Crippen LogP contribution >= 0.6 is 0 Å². The highest BCUT2D eigenvalue weighted by Crippen LogP contribution is 2.23. The average Bonchev–Trinajstić information content (AvgIpc) is 2.76. The first kappa shape index (κ1) is 25.7. The van der Waals surface area contributed by atoms with Crippen molar-refractivity contribution in [3.8, 4) is 5.75 Å². The van der Waals surface area contributed by atoms with Gasteiger partial charge in [0.1, 0.15) is 23.4 Å². The van der Waals surface area contributed by atoms with E-state index in [-0.39, 0.29) is 12.3 Å². The number of ether oxygens (including phenoxy) is 1. The van der Waals surface area contributed by atoms with Gasteiger partial charge in [0.2, 0.25) is 11.8 Å². The number of phenolic OH excluding ortho intramolecular Hbond substituents is 1. The molecule has 3 amide bonds. The summed E-state index contributed by atoms with van der Waals surface area (Å²) in [4.78, 5) is 39.5. The minimum atomic E-state index is -1.31. The number of aliphatic hydroxyl groups excluding tert-OH is 1. The number of hydrogen-bond acceptors (Lipinski definition) is 6. The molecule has 178 valence electrons. The predicted octanol–water partition coefficient (Wildman–Crippen LogP) is 2.09. The largest absolute Gasteiger partial charge is 0.508 e. The number of rotatable bonds is 8. The summed E-state index contributed by atoms with van der Waals surface area (Å²) >= 11 is 0. The van der Waals surface area contributed by atoms with Crippen LogP contribution < -0.4 is 10.6 Å². The second-order valence-corrected chi connectivity index (χ2v) is 8.53. The number of benzene rings is 2. The summed E-state index contributed by atoms with van der Waals surface area (Å²) < 4.78 is 5.15. The summed E-state index contributed by atoms with van der Waals surface area (Å²) in [6.07, 6.45) is -0.863. The van der Waals surface area contributed by atoms with Crippen LogP contribution in [0.15, 0.2) is 54.6 Å². The normalized spacial score (nSPS) is 12.9. The Labute approximate surface area is 193 Å². The van der Waals surface area contributed by atoms with Crippen molar-refractivity contribution in [2.24, 2.45) is 0 Å². The molecule has 2 unspecified atom stereocenters. The number of hydrogen-bond donors (Lipinski definition) is 4. The number of aliphatic hydroxyl groups is 1. The van der Waals surface area contributed by atoms with Gasteiger partial charge in [-0.2, -0.15) is 0 Å². The number of phenols is 1. The molecule has 0 heterocycles. The molecule has 0 aliphatic heterocycles. The highest BCUT2D eigenvalue weighted by molar-refractivity contribution is 5.92. The topological polar surface area (TPSA) is 128 Å². The minimum absolute atomic E-state index is 0.0102. The number of aromatic hydroxyl groups is 1. The van der Waals surface area contributed by atoms with E-state index in [4.69, 9.17) is 4.74 Å². The van der Waals surface area contributed by atoms with Gasteiger partial charge in [0.15, 0.2) is 0 Å². The van der Waals surface area contributed by atoms with Crippen molar-refractivity contribution in [1.29, 1.82) is 0 Å². The van der Waals surface area contributed by atoms with Crippen molar-refractivity contribution in [3.05, 3.63) is 65.7 Å². The molecule has 0 saturated heterocycles. The Kier molecular flexibility index (Phi) is 8.81. The summed E-state index contributed by atoms with van der Waals surface area (Å²) in [5.74, 6) is -1.14. The predicted molar refractivity (Wildman–Crippen MR) is 122 cm³/mol. The summed E-state index contributed by atoms with van der Waals surface area (Å²) in [6, 6.07) is 12.8. The molecule has 2 rings (SSSR count). The molecule has 0 radical (unpaired) electrons. The van der Waals surface area contributed by atoms with Crippen LogP contribution in [0.3, 0.4) is 0 Å². The van der Waals surface area contributed by atoms with Gasteiger partial charge in [-0.05, 0) is 44.0 Å². The molecular formula is C24H31N3O6. The smallest absolute Gasteiger partial charge is 0.408 e. The second-order valence-electron chi connectivity index (χ2n) is 8.53. The van der Waals surface area contributed by atoms with E-state index in [1.165, 1.54) is 31.3 Å². The van der Waals surface area contributed by atoms with Gasteiger partial charge in [0, 0.05) is 13.6 Å². The third kappa shape index (κ3) is 7.80. The first-order valence-electron chi connectivity index (χ1n) is 10.5. The fraction of sp³-hybridized carbons (Fsp3) is 0.375. The number of nitrogens with zero attached hydrogens (tertiary/aromatic N) is 1. The molecular weight excluding hydrogens is 426 g/mol. The maximum Gasteiger partial charge on any atom is 0.408 e. The van der Waals surface area contributed by atoms with Crippen molar-refractivity contribution >= 4 is 17.9 Å². The quantitative estimate of drug-likeness (QED) is 0.481. The maximum atomic E-state index is 13.1. The van der Waals surface area contributed by atoms with Crippen LogP contribution in [0.5, 0.6) is 5.75 Å². The van der Waals surface area contributed by atoms with Crippen LogP contribution in [0.1, 0.15) is 37.9 Å². The highest BCUT2D eigenvalue weighted by Gasteiger charge is 2.33. The fourth-order valence-electron chi connectivity index (χ4n) is 3.10. The van der Waals surface area contributed by atoms with Crippen LogP contribution in [-0.2, 0) is 20.9 Å². The molecule has 0 aliphatic carbocycles. The third-order valence-corrected chi connectivity index (χ3v) is 4.67. The van der Waals surface area contributed by atoms with Crippen molar-refractivity contribution in [2.45, 2.75) is 45.0 Å². The van der Waals surface area contributed by atoms with Gasteiger partial charge in [-0.3, -0.25) is 9.59 Å². The van der Waals surface area contributed by atoms with E-state index in [0.717, 1.165) is 10.5 Å². The number of carbonyl (C=O) groups is 3. The minimum Gasteiger partial charge on any atom is -0.508 e. The van der Waals surface area contributed by atoms with Gasteiger partial charge in [-0.1, -0.05) is 42.5 Å². The van der Waals surface area contributed by atoms with Gasteiger partial charge in [0.25, 0.3) is 0 Å². The van der Waals surface area contributed by atoms with Crippen LogP contribution in [0.4, 0.5) is 4.79 Å². The van der Waals surface area contributed by atoms with Crippen molar-refractivity contribution in [1.82, 2.24) is 15.5 Å². The van der Waals surface area contributed by atoms with Crippen LogP contribution in [0.2, 0.25) is 0 Å². The Morgan fingerprint density at radius 1 is 1.03 bits per heavy atom. The number of carbonyl (C=O) groups excluding carboxylic acids is 3. The zero-order valence-corrected chi connectivity index (χ0v) is 19.2. The van der Waals surface area contributed by atoms with E-state index in [0.29, 0.717) is 5.56 Å². The Morgan fingerprint density at radius 3 is 2.18 bits per heavy atom. The molecule has 0 saturated carbocycles. The first-order valence-corrected chi connectivity index (χ1v) is 10.5. The highest BCUT2D eigenvalue weighted by atomic mass is 16.6. The molecule has 9 nitrogen and oxygen atoms in total. The lowest BCUT2D eigenvalue weighted by molar-refractivity contribution is -0.141. The molecule has 0 fully saturated rings. The molecule has 0 spiro atoms. The number of nitrogens with one attached hydrogen (secondary N) is 2. The molecule has 0 aliphatic rings. The van der Waals surface area contributed by atoms with Crippen LogP contribution in [-0.4, -0.2) is 58.3 Å². The zero-order valence-electron chi connectivity index (χ0n) is 19.2. The number of alkyl carbamates (subject to hydrolysis) is 1. The zero-order chi connectivity index (χ0) is 24.6. The summed E-state index contributed by atoms with van der Waals surface area (Å²) in [7, 11) is 1.40. The monoisotopic (exact) mass is 457 g/mol. The van der Waals surface area contributed by atoms with Gasteiger partial charge in [0.05, 0.1) is 6.61 Å². The maximum absolute atomic E-state index is 13.1. The lowest BCUT2D eigenvalue weighted by Gasteiger charge is -2.31. The molecule has 33 heavy (non-hydrogen) atoms. The molecule has 2 aromatic carbocycles. The van der Waals surface area contributed by atoms with Crippen LogP contribution in [0.25, 0.3) is 0 Å².